The minimum absolute atomic E-state index is 0.0827. The van der Waals surface area contributed by atoms with Crippen molar-refractivity contribution in [3.63, 3.8) is 0 Å². The maximum Gasteiger partial charge on any atom is 0.263 e. The predicted octanol–water partition coefficient (Wildman–Crippen LogP) is 2.87. The summed E-state index contributed by atoms with van der Waals surface area (Å²) in [5.41, 5.74) is 0.959. The lowest BCUT2D eigenvalue weighted by atomic mass is 10.2. The number of nitrogens with zero attached hydrogens (tertiary/aromatic N) is 2. The first-order valence-corrected chi connectivity index (χ1v) is 9.58. The Hall–Kier alpha value is -2.12. The van der Waals surface area contributed by atoms with Crippen LogP contribution >= 0.6 is 11.6 Å². The van der Waals surface area contributed by atoms with Crippen LogP contribution in [0, 0.1) is 6.92 Å². The zero-order valence-electron chi connectivity index (χ0n) is 14.3. The van der Waals surface area contributed by atoms with Crippen molar-refractivity contribution < 1.29 is 13.2 Å². The first kappa shape index (κ1) is 19.2. The van der Waals surface area contributed by atoms with Crippen molar-refractivity contribution >= 4 is 33.3 Å². The number of hydrogen-bond donors (Lipinski definition) is 1. The van der Waals surface area contributed by atoms with Crippen molar-refractivity contribution in [2.24, 2.45) is 0 Å². The maximum absolute atomic E-state index is 12.6. The van der Waals surface area contributed by atoms with Gasteiger partial charge in [0.25, 0.3) is 10.0 Å². The van der Waals surface area contributed by atoms with E-state index in [0.717, 1.165) is 0 Å². The molecule has 0 atom stereocenters. The monoisotopic (exact) mass is 381 g/mol. The van der Waals surface area contributed by atoms with Crippen LogP contribution < -0.4 is 4.72 Å². The molecule has 1 N–H and O–H groups in total. The van der Waals surface area contributed by atoms with Crippen LogP contribution in [0.3, 0.4) is 0 Å². The maximum atomic E-state index is 12.6. The van der Waals surface area contributed by atoms with Gasteiger partial charge >= 0.3 is 0 Å². The van der Waals surface area contributed by atoms with E-state index < -0.39 is 10.0 Å². The number of aromatic nitrogens is 1. The Morgan fingerprint density at radius 1 is 1.24 bits per heavy atom. The first-order chi connectivity index (χ1) is 11.7. The lowest BCUT2D eigenvalue weighted by Crippen LogP contribution is -2.28. The van der Waals surface area contributed by atoms with Gasteiger partial charge in [-0.3, -0.25) is 9.52 Å². The summed E-state index contributed by atoms with van der Waals surface area (Å²) in [4.78, 5) is 17.9. The molecule has 0 aliphatic carbocycles. The van der Waals surface area contributed by atoms with Gasteiger partial charge in [0, 0.05) is 18.6 Å². The highest BCUT2D eigenvalue weighted by atomic mass is 35.5. The van der Waals surface area contributed by atoms with Gasteiger partial charge in [0.15, 0.2) is 0 Å². The number of carbonyl (C=O) groups is 1. The Bertz CT molecular complexity index is 884. The summed E-state index contributed by atoms with van der Waals surface area (Å²) >= 11 is 6.00. The quantitative estimate of drug-likeness (QED) is 0.834. The lowest BCUT2D eigenvalue weighted by molar-refractivity contribution is -0.129. The van der Waals surface area contributed by atoms with Gasteiger partial charge in [-0.25, -0.2) is 13.4 Å². The van der Waals surface area contributed by atoms with Crippen LogP contribution in [0.1, 0.15) is 18.2 Å². The van der Waals surface area contributed by atoms with Crippen LogP contribution in [-0.2, 0) is 21.2 Å². The number of carbonyl (C=O) groups excluding carboxylic acids is 1. The van der Waals surface area contributed by atoms with Gasteiger partial charge in [-0.15, -0.1) is 0 Å². The van der Waals surface area contributed by atoms with E-state index in [1.807, 2.05) is 6.92 Å². The van der Waals surface area contributed by atoms with Gasteiger partial charge in [-0.1, -0.05) is 23.7 Å². The number of likely N-dealkylation sites (N-methyl/N-ethyl adjacent to an activating group) is 1. The predicted molar refractivity (Wildman–Crippen MR) is 98.2 cm³/mol. The molecule has 0 aliphatic rings. The third-order valence-corrected chi connectivity index (χ3v) is 5.69. The number of anilines is 1. The average molecular weight is 382 g/mol. The second-order valence-corrected chi connectivity index (χ2v) is 7.63. The number of sulfonamides is 1. The molecule has 0 aliphatic heterocycles. The van der Waals surface area contributed by atoms with E-state index in [1.165, 1.54) is 12.1 Å². The molecule has 0 bridgehead atoms. The number of pyridine rings is 1. The largest absolute Gasteiger partial charge is 0.346 e. The smallest absolute Gasteiger partial charge is 0.263 e. The van der Waals surface area contributed by atoms with Crippen LogP contribution in [0.4, 0.5) is 5.82 Å². The number of rotatable bonds is 6. The molecule has 0 saturated carbocycles. The van der Waals surface area contributed by atoms with Crippen LogP contribution in [0.2, 0.25) is 5.02 Å². The zero-order valence-corrected chi connectivity index (χ0v) is 15.9. The molecule has 1 amide bonds. The van der Waals surface area contributed by atoms with E-state index >= 15 is 0 Å². The molecule has 1 heterocycles. The Balaban J connectivity index is 2.24. The van der Waals surface area contributed by atoms with Crippen LogP contribution in [0.15, 0.2) is 41.3 Å². The molecule has 0 fully saturated rings. The van der Waals surface area contributed by atoms with Crippen molar-refractivity contribution in [1.82, 2.24) is 9.88 Å². The summed E-state index contributed by atoms with van der Waals surface area (Å²) in [5.74, 6) is 0.0736. The molecular weight excluding hydrogens is 362 g/mol. The molecule has 0 spiro atoms. The molecule has 25 heavy (non-hydrogen) atoms. The van der Waals surface area contributed by atoms with E-state index in [4.69, 9.17) is 11.6 Å². The molecule has 6 nitrogen and oxygen atoms in total. The Labute approximate surface area is 152 Å². The highest BCUT2D eigenvalue weighted by Gasteiger charge is 2.19. The fourth-order valence-electron chi connectivity index (χ4n) is 2.17. The molecule has 0 unspecified atom stereocenters. The number of halogens is 1. The molecule has 2 aromatic rings. The van der Waals surface area contributed by atoms with Gasteiger partial charge in [0.1, 0.15) is 5.82 Å². The summed E-state index contributed by atoms with van der Waals surface area (Å²) in [6, 6.07) is 9.56. The molecule has 2 rings (SSSR count). The van der Waals surface area contributed by atoms with E-state index in [9.17, 15) is 13.2 Å². The van der Waals surface area contributed by atoms with Gasteiger partial charge in [0.2, 0.25) is 5.91 Å². The van der Waals surface area contributed by atoms with E-state index in [2.05, 4.69) is 9.71 Å². The third kappa shape index (κ3) is 4.70. The zero-order chi connectivity index (χ0) is 18.6. The summed E-state index contributed by atoms with van der Waals surface area (Å²) in [6.07, 6.45) is 0.107. The highest BCUT2D eigenvalue weighted by Crippen LogP contribution is 2.24. The van der Waals surface area contributed by atoms with Gasteiger partial charge < -0.3 is 4.90 Å². The second kappa shape index (κ2) is 7.84. The van der Waals surface area contributed by atoms with Crippen molar-refractivity contribution in [1.29, 1.82) is 0 Å². The molecule has 0 saturated heterocycles. The molecule has 0 radical (unpaired) electrons. The Morgan fingerprint density at radius 2 is 1.92 bits per heavy atom. The summed E-state index contributed by atoms with van der Waals surface area (Å²) in [6.45, 7) is 4.11. The van der Waals surface area contributed by atoms with E-state index in [1.54, 1.807) is 43.1 Å². The third-order valence-electron chi connectivity index (χ3n) is 3.79. The van der Waals surface area contributed by atoms with Gasteiger partial charge in [0.05, 0.1) is 17.0 Å². The minimum Gasteiger partial charge on any atom is -0.346 e. The topological polar surface area (TPSA) is 79.4 Å². The number of hydrogen-bond acceptors (Lipinski definition) is 4. The van der Waals surface area contributed by atoms with Gasteiger partial charge in [-0.05, 0) is 43.7 Å². The van der Waals surface area contributed by atoms with Crippen molar-refractivity contribution in [3.8, 4) is 0 Å². The number of nitrogens with one attached hydrogen (secondary N) is 1. The first-order valence-electron chi connectivity index (χ1n) is 7.72. The molecule has 1 aromatic carbocycles. The minimum atomic E-state index is -3.83. The van der Waals surface area contributed by atoms with Crippen molar-refractivity contribution in [2.45, 2.75) is 25.2 Å². The van der Waals surface area contributed by atoms with Crippen LogP contribution in [-0.4, -0.2) is 37.8 Å². The van der Waals surface area contributed by atoms with Crippen molar-refractivity contribution in [2.75, 3.05) is 18.3 Å². The van der Waals surface area contributed by atoms with Crippen LogP contribution in [0.5, 0.6) is 0 Å². The second-order valence-electron chi connectivity index (χ2n) is 5.57. The lowest BCUT2D eigenvalue weighted by Gasteiger charge is -2.14. The van der Waals surface area contributed by atoms with Crippen molar-refractivity contribution in [3.05, 3.63) is 52.7 Å². The normalized spacial score (nSPS) is 11.2. The molecule has 8 heteroatoms. The van der Waals surface area contributed by atoms with Crippen LogP contribution in [0.25, 0.3) is 0 Å². The standard InChI is InChI=1S/C17H20ClN3O3S/c1-4-21(3)17(22)11-13-7-5-10-16(19-13)20-25(23,24)15-9-6-8-14(18)12(15)2/h5-10H,4,11H2,1-3H3,(H,19,20). The Morgan fingerprint density at radius 3 is 2.60 bits per heavy atom. The van der Waals surface area contributed by atoms with E-state index in [-0.39, 0.29) is 23.0 Å². The fraction of sp³-hybridized carbons (Fsp3) is 0.294. The Kier molecular flexibility index (Phi) is 6.02. The average Bonchev–Trinajstić information content (AvgIpc) is 2.56. The summed E-state index contributed by atoms with van der Waals surface area (Å²) < 4.78 is 27.6. The molecule has 134 valence electrons. The van der Waals surface area contributed by atoms with E-state index in [0.29, 0.717) is 22.8 Å². The number of benzene rings is 1. The highest BCUT2D eigenvalue weighted by molar-refractivity contribution is 7.92. The molecular formula is C17H20ClN3O3S. The summed E-state index contributed by atoms with van der Waals surface area (Å²) in [5, 5.41) is 0.373. The van der Waals surface area contributed by atoms with Gasteiger partial charge in [-0.2, -0.15) is 0 Å². The number of amides is 1. The molecule has 1 aromatic heterocycles. The fourth-order valence-corrected chi connectivity index (χ4v) is 3.67. The SMILES string of the molecule is CCN(C)C(=O)Cc1cccc(NS(=O)(=O)c2cccc(Cl)c2C)n1. The summed E-state index contributed by atoms with van der Waals surface area (Å²) in [7, 11) is -2.12.